The molecule has 4 saturated carbocycles. The van der Waals surface area contributed by atoms with Crippen LogP contribution in [0.15, 0.2) is 24.3 Å². The summed E-state index contributed by atoms with van der Waals surface area (Å²) in [5, 5.41) is 5.64. The van der Waals surface area contributed by atoms with Crippen LogP contribution in [0.25, 0.3) is 10.9 Å². The van der Waals surface area contributed by atoms with E-state index in [1.807, 2.05) is 22.9 Å². The van der Waals surface area contributed by atoms with Gasteiger partial charge < -0.3 is 4.74 Å². The quantitative estimate of drug-likeness (QED) is 0.511. The largest absolute Gasteiger partial charge is 0.454 e. The Morgan fingerprint density at radius 1 is 1.11 bits per heavy atom. The SMILES string of the molecule is CCCCCn1nc(C(=O)OC23CC4CC(CC(C4)C2)C3)c2ccccc21. The minimum absolute atomic E-state index is 0.206. The number of carbonyl (C=O) groups is 1. The molecule has 4 aliphatic rings. The average molecular weight is 367 g/mol. The molecule has 4 heteroatoms. The van der Waals surface area contributed by atoms with E-state index in [1.54, 1.807) is 0 Å². The first-order chi connectivity index (χ1) is 13.2. The molecule has 4 fully saturated rings. The van der Waals surface area contributed by atoms with Gasteiger partial charge >= 0.3 is 5.97 Å². The van der Waals surface area contributed by atoms with Crippen LogP contribution in [0.4, 0.5) is 0 Å². The van der Waals surface area contributed by atoms with Gasteiger partial charge in [0.1, 0.15) is 5.60 Å². The van der Waals surface area contributed by atoms with Crippen LogP contribution in [-0.4, -0.2) is 21.4 Å². The maximum atomic E-state index is 13.2. The van der Waals surface area contributed by atoms with Crippen LogP contribution in [0.3, 0.4) is 0 Å². The van der Waals surface area contributed by atoms with E-state index >= 15 is 0 Å². The summed E-state index contributed by atoms with van der Waals surface area (Å²) in [6.45, 7) is 3.06. The Morgan fingerprint density at radius 3 is 2.44 bits per heavy atom. The molecular weight excluding hydrogens is 336 g/mol. The summed E-state index contributed by atoms with van der Waals surface area (Å²) >= 11 is 0. The molecule has 0 atom stereocenters. The lowest BCUT2D eigenvalue weighted by atomic mass is 9.54. The van der Waals surface area contributed by atoms with Gasteiger partial charge in [0.05, 0.1) is 5.52 Å². The zero-order valence-corrected chi connectivity index (χ0v) is 16.3. The number of unbranched alkanes of at least 4 members (excludes halogenated alkanes) is 2. The predicted molar refractivity (Wildman–Crippen MR) is 106 cm³/mol. The second-order valence-corrected chi connectivity index (χ2v) is 9.29. The molecule has 4 bridgehead atoms. The molecule has 4 nitrogen and oxygen atoms in total. The standard InChI is InChI=1S/C23H30N2O2/c1-2-3-6-9-25-20-8-5-4-7-19(20)21(24-25)22(26)27-23-13-16-10-17(14-23)12-18(11-16)15-23/h4-5,7-8,16-18H,2-3,6,9-15H2,1H3. The van der Waals surface area contributed by atoms with Crippen LogP contribution in [0.1, 0.15) is 75.2 Å². The molecule has 144 valence electrons. The third-order valence-electron chi connectivity index (χ3n) is 7.12. The van der Waals surface area contributed by atoms with Crippen LogP contribution in [0.5, 0.6) is 0 Å². The van der Waals surface area contributed by atoms with E-state index in [1.165, 1.54) is 32.1 Å². The number of para-hydroxylation sites is 1. The minimum atomic E-state index is -0.209. The van der Waals surface area contributed by atoms with Crippen LogP contribution in [0, 0.1) is 17.8 Å². The molecule has 1 heterocycles. The lowest BCUT2D eigenvalue weighted by molar-refractivity contribution is -0.131. The van der Waals surface area contributed by atoms with Crippen LogP contribution in [0.2, 0.25) is 0 Å². The fourth-order valence-corrected chi connectivity index (χ4v) is 6.36. The van der Waals surface area contributed by atoms with Crippen molar-refractivity contribution in [2.75, 3.05) is 0 Å². The van der Waals surface area contributed by atoms with Crippen molar-refractivity contribution in [1.29, 1.82) is 0 Å². The number of hydrogen-bond donors (Lipinski definition) is 0. The summed E-state index contributed by atoms with van der Waals surface area (Å²) in [4.78, 5) is 13.2. The third kappa shape index (κ3) is 3.07. The Labute approximate surface area is 161 Å². The van der Waals surface area contributed by atoms with Gasteiger partial charge in [0.2, 0.25) is 0 Å². The Kier molecular flexibility index (Phi) is 4.25. The second-order valence-electron chi connectivity index (χ2n) is 9.29. The van der Waals surface area contributed by atoms with Gasteiger partial charge in [-0.1, -0.05) is 38.0 Å². The van der Waals surface area contributed by atoms with Gasteiger partial charge in [0.15, 0.2) is 5.69 Å². The lowest BCUT2D eigenvalue weighted by Crippen LogP contribution is -2.52. The molecule has 4 aliphatic carbocycles. The monoisotopic (exact) mass is 366 g/mol. The van der Waals surface area contributed by atoms with Gasteiger partial charge in [0.25, 0.3) is 0 Å². The number of hydrogen-bond acceptors (Lipinski definition) is 3. The normalized spacial score (nSPS) is 31.5. The molecule has 6 rings (SSSR count). The molecular formula is C23H30N2O2. The third-order valence-corrected chi connectivity index (χ3v) is 7.12. The number of aromatic nitrogens is 2. The molecule has 0 unspecified atom stereocenters. The maximum Gasteiger partial charge on any atom is 0.360 e. The second kappa shape index (κ2) is 6.65. The molecule has 27 heavy (non-hydrogen) atoms. The van der Waals surface area contributed by atoms with E-state index in [4.69, 9.17) is 9.84 Å². The fraction of sp³-hybridized carbons (Fsp3) is 0.652. The van der Waals surface area contributed by atoms with Crippen molar-refractivity contribution in [2.24, 2.45) is 17.8 Å². The smallest absolute Gasteiger partial charge is 0.360 e. The van der Waals surface area contributed by atoms with E-state index in [2.05, 4.69) is 13.0 Å². The number of carbonyl (C=O) groups excluding carboxylic acids is 1. The van der Waals surface area contributed by atoms with Crippen LogP contribution >= 0.6 is 0 Å². The molecule has 0 aliphatic heterocycles. The van der Waals surface area contributed by atoms with Gasteiger partial charge in [-0.2, -0.15) is 5.10 Å². The van der Waals surface area contributed by atoms with Crippen molar-refractivity contribution in [3.8, 4) is 0 Å². The summed E-state index contributed by atoms with van der Waals surface area (Å²) in [6.07, 6.45) is 10.7. The van der Waals surface area contributed by atoms with Crippen LogP contribution in [-0.2, 0) is 11.3 Å². The molecule has 0 N–H and O–H groups in total. The number of esters is 1. The van der Waals surface area contributed by atoms with Crippen molar-refractivity contribution in [1.82, 2.24) is 9.78 Å². The predicted octanol–water partition coefficient (Wildman–Crippen LogP) is 5.35. The van der Waals surface area contributed by atoms with Gasteiger partial charge in [-0.25, -0.2) is 4.79 Å². The van der Waals surface area contributed by atoms with Gasteiger partial charge in [-0.3, -0.25) is 4.68 Å². The summed E-state index contributed by atoms with van der Waals surface area (Å²) in [5.41, 5.74) is 1.35. The first kappa shape index (κ1) is 17.3. The molecule has 1 aromatic carbocycles. The Morgan fingerprint density at radius 2 is 1.78 bits per heavy atom. The van der Waals surface area contributed by atoms with Crippen molar-refractivity contribution in [2.45, 2.75) is 76.9 Å². The van der Waals surface area contributed by atoms with E-state index in [0.29, 0.717) is 5.69 Å². The van der Waals surface area contributed by atoms with Gasteiger partial charge in [-0.15, -0.1) is 0 Å². The lowest BCUT2D eigenvalue weighted by Gasteiger charge is -2.55. The number of fused-ring (bicyclic) bond motifs is 1. The van der Waals surface area contributed by atoms with Crippen molar-refractivity contribution in [3.05, 3.63) is 30.0 Å². The van der Waals surface area contributed by atoms with Gasteiger partial charge in [0, 0.05) is 11.9 Å². The molecule has 0 radical (unpaired) electrons. The van der Waals surface area contributed by atoms with Crippen molar-refractivity contribution in [3.63, 3.8) is 0 Å². The van der Waals surface area contributed by atoms with Crippen molar-refractivity contribution < 1.29 is 9.53 Å². The molecule has 1 aromatic heterocycles. The number of benzene rings is 1. The zero-order valence-electron chi connectivity index (χ0n) is 16.3. The fourth-order valence-electron chi connectivity index (χ4n) is 6.36. The zero-order chi connectivity index (χ0) is 18.4. The highest BCUT2D eigenvalue weighted by atomic mass is 16.6. The minimum Gasteiger partial charge on any atom is -0.454 e. The highest BCUT2D eigenvalue weighted by molar-refractivity contribution is 6.02. The molecule has 2 aromatic rings. The summed E-state index contributed by atoms with van der Waals surface area (Å²) in [5.74, 6) is 2.11. The summed E-state index contributed by atoms with van der Waals surface area (Å²) in [7, 11) is 0. The topological polar surface area (TPSA) is 44.1 Å². The number of nitrogens with zero attached hydrogens (tertiary/aromatic N) is 2. The van der Waals surface area contributed by atoms with Crippen molar-refractivity contribution >= 4 is 16.9 Å². The molecule has 0 saturated heterocycles. The maximum absolute atomic E-state index is 13.2. The van der Waals surface area contributed by atoms with E-state index in [9.17, 15) is 4.79 Å². The average Bonchev–Trinajstić information content (AvgIpc) is 3.00. The van der Waals surface area contributed by atoms with Crippen LogP contribution < -0.4 is 0 Å². The Balaban J connectivity index is 1.41. The number of rotatable bonds is 6. The molecule has 0 amide bonds. The van der Waals surface area contributed by atoms with Gasteiger partial charge in [-0.05, 0) is 68.8 Å². The van der Waals surface area contributed by atoms with E-state index < -0.39 is 0 Å². The van der Waals surface area contributed by atoms with E-state index in [-0.39, 0.29) is 11.6 Å². The molecule has 0 spiro atoms. The van der Waals surface area contributed by atoms with E-state index in [0.717, 1.165) is 60.9 Å². The Bertz CT molecular complexity index is 818. The number of aryl methyl sites for hydroxylation is 1. The Hall–Kier alpha value is -1.84. The first-order valence-electron chi connectivity index (χ1n) is 10.8. The highest BCUT2D eigenvalue weighted by Crippen LogP contribution is 2.57. The highest BCUT2D eigenvalue weighted by Gasteiger charge is 2.53. The summed E-state index contributed by atoms with van der Waals surface area (Å²) in [6, 6.07) is 8.08. The first-order valence-corrected chi connectivity index (χ1v) is 10.8. The number of ether oxygens (including phenoxy) is 1. The summed E-state index contributed by atoms with van der Waals surface area (Å²) < 4.78 is 8.27.